The summed E-state index contributed by atoms with van der Waals surface area (Å²) < 4.78 is 26.4. The normalized spacial score (nSPS) is 11.5. The Morgan fingerprint density at radius 1 is 0.972 bits per heavy atom. The second-order valence-electron chi connectivity index (χ2n) is 8.19. The van der Waals surface area contributed by atoms with Crippen molar-refractivity contribution in [2.75, 3.05) is 5.32 Å². The monoisotopic (exact) mass is 561 g/mol. The van der Waals surface area contributed by atoms with Gasteiger partial charge >= 0.3 is 0 Å². The van der Waals surface area contributed by atoms with E-state index in [1.54, 1.807) is 41.1 Å². The van der Waals surface area contributed by atoms with Crippen molar-refractivity contribution >= 4 is 48.5 Å². The Kier molecular flexibility index (Phi) is 6.17. The van der Waals surface area contributed by atoms with E-state index in [0.29, 0.717) is 28.3 Å². The minimum atomic E-state index is -3.90. The van der Waals surface area contributed by atoms with Crippen molar-refractivity contribution in [3.63, 3.8) is 0 Å². The summed E-state index contributed by atoms with van der Waals surface area (Å²) in [4.78, 5) is 17.5. The highest BCUT2D eigenvalue weighted by molar-refractivity contribution is 9.10. The van der Waals surface area contributed by atoms with Crippen molar-refractivity contribution in [1.82, 2.24) is 14.8 Å². The average Bonchev–Trinajstić information content (AvgIpc) is 3.25. The van der Waals surface area contributed by atoms with Gasteiger partial charge in [-0.1, -0.05) is 46.3 Å². The second-order valence-corrected chi connectivity index (χ2v) is 10.6. The summed E-state index contributed by atoms with van der Waals surface area (Å²) in [6.07, 6.45) is 1.49. The number of benzene rings is 3. The lowest BCUT2D eigenvalue weighted by Gasteiger charge is -2.10. The lowest BCUT2D eigenvalue weighted by Crippen LogP contribution is -2.17. The summed E-state index contributed by atoms with van der Waals surface area (Å²) in [6, 6.07) is 23.3. The molecule has 2 aromatic heterocycles. The van der Waals surface area contributed by atoms with Crippen LogP contribution in [0, 0.1) is 6.92 Å². The Hall–Kier alpha value is -3.86. The summed E-state index contributed by atoms with van der Waals surface area (Å²) in [5, 5.41) is 14.7. The number of fused-ring (bicyclic) bond motifs is 1. The molecule has 0 saturated carbocycles. The molecule has 0 aliphatic heterocycles. The fraction of sp³-hybridized carbons (Fsp3) is 0.0385. The minimum Gasteiger partial charge on any atom is -0.305 e. The number of amides is 1. The van der Waals surface area contributed by atoms with Gasteiger partial charge in [-0.2, -0.15) is 5.10 Å². The molecule has 5 rings (SSSR count). The molecule has 0 spiro atoms. The van der Waals surface area contributed by atoms with Gasteiger partial charge in [-0.05, 0) is 66.2 Å². The highest BCUT2D eigenvalue weighted by Crippen LogP contribution is 2.27. The number of anilines is 1. The van der Waals surface area contributed by atoms with Crippen LogP contribution < -0.4 is 10.5 Å². The van der Waals surface area contributed by atoms with Crippen LogP contribution in [-0.4, -0.2) is 29.1 Å². The summed E-state index contributed by atoms with van der Waals surface area (Å²) >= 11 is 3.48. The molecule has 3 aromatic carbocycles. The molecule has 0 unspecified atom stereocenters. The van der Waals surface area contributed by atoms with Gasteiger partial charge in [0.2, 0.25) is 10.0 Å². The van der Waals surface area contributed by atoms with Gasteiger partial charge in [-0.25, -0.2) is 23.2 Å². The molecule has 8 nitrogen and oxygen atoms in total. The van der Waals surface area contributed by atoms with E-state index in [1.807, 2.05) is 43.3 Å². The molecule has 0 aliphatic carbocycles. The maximum Gasteiger partial charge on any atom is 0.275 e. The van der Waals surface area contributed by atoms with Gasteiger partial charge in [-0.3, -0.25) is 4.79 Å². The van der Waals surface area contributed by atoms with Crippen LogP contribution in [0.25, 0.3) is 27.6 Å². The highest BCUT2D eigenvalue weighted by Gasteiger charge is 2.18. The molecule has 0 bridgehead atoms. The van der Waals surface area contributed by atoms with Gasteiger partial charge in [0.15, 0.2) is 0 Å². The maximum absolute atomic E-state index is 13.2. The summed E-state index contributed by atoms with van der Waals surface area (Å²) in [5.41, 5.74) is 2.79. The number of pyridine rings is 1. The van der Waals surface area contributed by atoms with E-state index < -0.39 is 10.0 Å². The summed E-state index contributed by atoms with van der Waals surface area (Å²) in [7, 11) is -3.90. The first-order chi connectivity index (χ1) is 17.2. The van der Waals surface area contributed by atoms with E-state index in [0.717, 1.165) is 20.9 Å². The number of aryl methyl sites for hydroxylation is 1. The number of carbonyl (C=O) groups is 1. The third-order valence-electron chi connectivity index (χ3n) is 5.60. The van der Waals surface area contributed by atoms with Crippen LogP contribution in [0.3, 0.4) is 0 Å². The van der Waals surface area contributed by atoms with E-state index in [9.17, 15) is 13.2 Å². The van der Waals surface area contributed by atoms with Crippen molar-refractivity contribution in [2.45, 2.75) is 11.8 Å². The lowest BCUT2D eigenvalue weighted by atomic mass is 10.1. The predicted octanol–water partition coefficient (Wildman–Crippen LogP) is 5.06. The zero-order chi connectivity index (χ0) is 25.4. The number of aromatic nitrogens is 3. The molecule has 2 heterocycles. The number of hydrogen-bond donors (Lipinski definition) is 2. The quantitative estimate of drug-likeness (QED) is 0.311. The maximum atomic E-state index is 13.2. The lowest BCUT2D eigenvalue weighted by molar-refractivity contribution is 0.101. The van der Waals surface area contributed by atoms with Gasteiger partial charge in [-0.15, -0.1) is 0 Å². The van der Waals surface area contributed by atoms with Gasteiger partial charge in [0.25, 0.3) is 5.91 Å². The molecular formula is C26H20BrN5O3S. The van der Waals surface area contributed by atoms with Crippen LogP contribution in [0.5, 0.6) is 0 Å². The van der Waals surface area contributed by atoms with Crippen LogP contribution in [-0.2, 0) is 10.0 Å². The average molecular weight is 562 g/mol. The van der Waals surface area contributed by atoms with E-state index >= 15 is 0 Å². The molecule has 3 N–H and O–H groups in total. The highest BCUT2D eigenvalue weighted by atomic mass is 79.9. The van der Waals surface area contributed by atoms with Crippen LogP contribution >= 0.6 is 15.9 Å². The number of sulfonamides is 1. The van der Waals surface area contributed by atoms with Gasteiger partial charge in [0.1, 0.15) is 11.5 Å². The standard InChI is InChI=1S/C26H20BrN5O3S/c1-16-12-23(32(31-16)21-10-7-17-13-20(27)9-6-18(17)14-21)26(33)30-25-11-8-19(15-29-25)22-4-2-3-5-24(22)36(28,34)35/h2-15H,1H3,(H2,28,34,35)(H,29,30,33). The number of primary sulfonamides is 1. The number of nitrogens with zero attached hydrogens (tertiary/aromatic N) is 3. The van der Waals surface area contributed by atoms with Crippen molar-refractivity contribution in [3.05, 3.63) is 101 Å². The van der Waals surface area contributed by atoms with Gasteiger partial charge in [0.05, 0.1) is 16.3 Å². The first kappa shape index (κ1) is 23.9. The molecule has 0 fully saturated rings. The largest absolute Gasteiger partial charge is 0.305 e. The van der Waals surface area contributed by atoms with Crippen molar-refractivity contribution in [1.29, 1.82) is 0 Å². The van der Waals surface area contributed by atoms with Crippen LogP contribution in [0.1, 0.15) is 16.2 Å². The van der Waals surface area contributed by atoms with Gasteiger partial charge in [0, 0.05) is 21.8 Å². The topological polar surface area (TPSA) is 120 Å². The number of nitrogens with one attached hydrogen (secondary N) is 1. The third kappa shape index (κ3) is 4.78. The minimum absolute atomic E-state index is 0.00528. The molecular weight excluding hydrogens is 542 g/mol. The van der Waals surface area contributed by atoms with Crippen molar-refractivity contribution < 1.29 is 13.2 Å². The van der Waals surface area contributed by atoms with Crippen LogP contribution in [0.2, 0.25) is 0 Å². The number of nitrogens with two attached hydrogens (primary N) is 1. The smallest absolute Gasteiger partial charge is 0.275 e. The van der Waals surface area contributed by atoms with Crippen LogP contribution in [0.15, 0.2) is 94.4 Å². The van der Waals surface area contributed by atoms with E-state index in [4.69, 9.17) is 5.14 Å². The predicted molar refractivity (Wildman–Crippen MR) is 143 cm³/mol. The molecule has 5 aromatic rings. The van der Waals surface area contributed by atoms with E-state index in [2.05, 4.69) is 31.3 Å². The molecule has 0 saturated heterocycles. The SMILES string of the molecule is Cc1cc(C(=O)Nc2ccc(-c3ccccc3S(N)(=O)=O)cn2)n(-c2ccc3cc(Br)ccc3c2)n1. The first-order valence-electron chi connectivity index (χ1n) is 10.8. The molecule has 36 heavy (non-hydrogen) atoms. The molecule has 180 valence electrons. The van der Waals surface area contributed by atoms with Crippen LogP contribution in [0.4, 0.5) is 5.82 Å². The second kappa shape index (κ2) is 9.30. The molecule has 0 atom stereocenters. The van der Waals surface area contributed by atoms with E-state index in [-0.39, 0.29) is 10.8 Å². The first-order valence-corrected chi connectivity index (χ1v) is 13.2. The summed E-state index contributed by atoms with van der Waals surface area (Å²) in [6.45, 7) is 1.82. The third-order valence-corrected chi connectivity index (χ3v) is 7.07. The molecule has 0 radical (unpaired) electrons. The number of hydrogen-bond acceptors (Lipinski definition) is 5. The fourth-order valence-electron chi connectivity index (χ4n) is 3.95. The number of rotatable bonds is 5. The fourth-order valence-corrected chi connectivity index (χ4v) is 5.09. The molecule has 10 heteroatoms. The Morgan fingerprint density at radius 2 is 1.72 bits per heavy atom. The molecule has 1 amide bonds. The Morgan fingerprint density at radius 3 is 2.47 bits per heavy atom. The Balaban J connectivity index is 1.42. The van der Waals surface area contributed by atoms with Crippen molar-refractivity contribution in [2.24, 2.45) is 5.14 Å². The Bertz CT molecular complexity index is 1730. The van der Waals surface area contributed by atoms with E-state index in [1.165, 1.54) is 12.3 Å². The number of halogens is 1. The zero-order valence-electron chi connectivity index (χ0n) is 19.0. The van der Waals surface area contributed by atoms with Gasteiger partial charge < -0.3 is 5.32 Å². The molecule has 0 aliphatic rings. The van der Waals surface area contributed by atoms with Crippen molar-refractivity contribution in [3.8, 4) is 16.8 Å². The summed E-state index contributed by atoms with van der Waals surface area (Å²) in [5.74, 6) is -0.0673. The number of carbonyl (C=O) groups excluding carboxylic acids is 1. The zero-order valence-corrected chi connectivity index (χ0v) is 21.4. The Labute approximate surface area is 216 Å².